The second-order valence-electron chi connectivity index (χ2n) is 14.8. The van der Waals surface area contributed by atoms with E-state index in [4.69, 9.17) is 9.40 Å². The monoisotopic (exact) mass is 693 g/mol. The largest absolute Gasteiger partial charge is 0.456 e. The molecule has 0 radical (unpaired) electrons. The summed E-state index contributed by atoms with van der Waals surface area (Å²) in [5.74, 6) is 0.944. The molecule has 0 atom stereocenters. The molecule has 1 aliphatic carbocycles. The van der Waals surface area contributed by atoms with Crippen molar-refractivity contribution in [1.29, 1.82) is 0 Å². The number of benzene rings is 8. The summed E-state index contributed by atoms with van der Waals surface area (Å²) in [5, 5.41) is 4.70. The Morgan fingerprint density at radius 3 is 2.00 bits per heavy atom. The maximum absolute atomic E-state index is 6.22. The van der Waals surface area contributed by atoms with Crippen LogP contribution in [0.3, 0.4) is 0 Å². The standard InChI is InChI=1S/C50H35N3O/c1-50(2)43-27-22-35(52(33-16-8-4-9-17-33)36-23-29-46-42(31-36)37-20-12-13-21-45(37)54-46)30-41(43)39-24-25-40-38(47(39)50)26-28-44-48(40)53(34-18-10-5-11-19-34)49(51-44)32-14-6-3-7-15-32/h3-31H,1-2H3. The number of fused-ring (bicyclic) bond motifs is 10. The minimum Gasteiger partial charge on any atom is -0.456 e. The van der Waals surface area contributed by atoms with Crippen molar-refractivity contribution in [2.45, 2.75) is 19.3 Å². The molecule has 2 aromatic heterocycles. The number of hydrogen-bond acceptors (Lipinski definition) is 3. The molecule has 256 valence electrons. The molecule has 8 aromatic carbocycles. The molecule has 0 saturated heterocycles. The number of anilines is 3. The van der Waals surface area contributed by atoms with Crippen LogP contribution in [0.2, 0.25) is 0 Å². The fourth-order valence-corrected chi connectivity index (χ4v) is 8.93. The van der Waals surface area contributed by atoms with Gasteiger partial charge in [-0.05, 0) is 94.4 Å². The molecule has 0 bridgehead atoms. The lowest BCUT2D eigenvalue weighted by molar-refractivity contribution is 0.666. The van der Waals surface area contributed by atoms with Crippen molar-refractivity contribution < 1.29 is 4.42 Å². The zero-order valence-electron chi connectivity index (χ0n) is 30.0. The molecule has 10 aromatic rings. The molecule has 0 N–H and O–H groups in total. The first-order valence-electron chi connectivity index (χ1n) is 18.6. The number of furan rings is 1. The molecule has 0 fully saturated rings. The van der Waals surface area contributed by atoms with Gasteiger partial charge in [0, 0.05) is 49.9 Å². The highest BCUT2D eigenvalue weighted by atomic mass is 16.3. The smallest absolute Gasteiger partial charge is 0.145 e. The normalized spacial score (nSPS) is 13.1. The predicted molar refractivity (Wildman–Crippen MR) is 224 cm³/mol. The Morgan fingerprint density at radius 2 is 1.19 bits per heavy atom. The predicted octanol–water partition coefficient (Wildman–Crippen LogP) is 13.5. The molecule has 2 heterocycles. The first-order chi connectivity index (χ1) is 26.5. The highest BCUT2D eigenvalue weighted by molar-refractivity contribution is 6.11. The Balaban J connectivity index is 1.12. The van der Waals surface area contributed by atoms with Gasteiger partial charge in [-0.1, -0.05) is 123 Å². The van der Waals surface area contributed by atoms with E-state index < -0.39 is 0 Å². The fraction of sp³-hybridized carbons (Fsp3) is 0.0600. The minimum absolute atomic E-state index is 0.220. The van der Waals surface area contributed by atoms with Crippen LogP contribution in [0.5, 0.6) is 0 Å². The van der Waals surface area contributed by atoms with Crippen LogP contribution in [0.4, 0.5) is 17.1 Å². The summed E-state index contributed by atoms with van der Waals surface area (Å²) in [5.41, 5.74) is 14.4. The summed E-state index contributed by atoms with van der Waals surface area (Å²) in [6, 6.07) is 62.8. The van der Waals surface area contributed by atoms with Gasteiger partial charge >= 0.3 is 0 Å². The van der Waals surface area contributed by atoms with Gasteiger partial charge in [0.2, 0.25) is 0 Å². The molecule has 1 aliphatic rings. The quantitative estimate of drug-likeness (QED) is 0.180. The summed E-state index contributed by atoms with van der Waals surface area (Å²) >= 11 is 0. The van der Waals surface area contributed by atoms with E-state index in [9.17, 15) is 0 Å². The highest BCUT2D eigenvalue weighted by Gasteiger charge is 2.38. The van der Waals surface area contributed by atoms with E-state index in [0.717, 1.165) is 67.1 Å². The van der Waals surface area contributed by atoms with Crippen LogP contribution >= 0.6 is 0 Å². The van der Waals surface area contributed by atoms with Gasteiger partial charge in [-0.25, -0.2) is 4.98 Å². The Morgan fingerprint density at radius 1 is 0.519 bits per heavy atom. The van der Waals surface area contributed by atoms with Crippen molar-refractivity contribution >= 4 is 60.8 Å². The summed E-state index contributed by atoms with van der Waals surface area (Å²) in [4.78, 5) is 7.61. The topological polar surface area (TPSA) is 34.2 Å². The van der Waals surface area contributed by atoms with Gasteiger partial charge in [0.25, 0.3) is 0 Å². The van der Waals surface area contributed by atoms with Crippen LogP contribution in [0.1, 0.15) is 25.0 Å². The molecule has 11 rings (SSSR count). The lowest BCUT2D eigenvalue weighted by Crippen LogP contribution is -2.16. The molecule has 4 nitrogen and oxygen atoms in total. The van der Waals surface area contributed by atoms with E-state index in [2.05, 4.69) is 187 Å². The lowest BCUT2D eigenvalue weighted by Gasteiger charge is -2.27. The molecular weight excluding hydrogens is 659 g/mol. The number of rotatable bonds is 5. The van der Waals surface area contributed by atoms with Crippen LogP contribution in [0.25, 0.3) is 71.9 Å². The van der Waals surface area contributed by atoms with Crippen LogP contribution in [-0.2, 0) is 5.41 Å². The SMILES string of the molecule is CC1(C)c2ccc(N(c3ccccc3)c3ccc4oc5ccccc5c4c3)cc2-c2ccc3c(ccc4nc(-c5ccccc5)n(-c5ccccc5)c43)c21. The fourth-order valence-electron chi connectivity index (χ4n) is 8.93. The van der Waals surface area contributed by atoms with Crippen LogP contribution in [-0.4, -0.2) is 9.55 Å². The van der Waals surface area contributed by atoms with Crippen molar-refractivity contribution in [2.24, 2.45) is 0 Å². The number of aromatic nitrogens is 2. The number of hydrogen-bond donors (Lipinski definition) is 0. The highest BCUT2D eigenvalue weighted by Crippen LogP contribution is 2.54. The second-order valence-corrected chi connectivity index (χ2v) is 14.8. The third-order valence-electron chi connectivity index (χ3n) is 11.3. The Bertz CT molecular complexity index is 3070. The lowest BCUT2D eigenvalue weighted by atomic mass is 9.80. The summed E-state index contributed by atoms with van der Waals surface area (Å²) < 4.78 is 8.55. The Hall–Kier alpha value is -6.91. The van der Waals surface area contributed by atoms with Crippen molar-refractivity contribution in [3.63, 3.8) is 0 Å². The van der Waals surface area contributed by atoms with Gasteiger partial charge in [0.05, 0.1) is 11.0 Å². The zero-order valence-corrected chi connectivity index (χ0v) is 30.0. The molecular formula is C50H35N3O. The second kappa shape index (κ2) is 11.5. The molecule has 0 aliphatic heterocycles. The first-order valence-corrected chi connectivity index (χ1v) is 18.6. The zero-order chi connectivity index (χ0) is 36.0. The number of para-hydroxylation sites is 3. The van der Waals surface area contributed by atoms with Crippen molar-refractivity contribution in [3.05, 3.63) is 187 Å². The number of nitrogens with zero attached hydrogens (tertiary/aromatic N) is 3. The third kappa shape index (κ3) is 4.47. The van der Waals surface area contributed by atoms with Gasteiger partial charge in [-0.2, -0.15) is 0 Å². The molecule has 0 spiro atoms. The van der Waals surface area contributed by atoms with E-state index >= 15 is 0 Å². The van der Waals surface area contributed by atoms with E-state index in [0.29, 0.717) is 0 Å². The summed E-state index contributed by atoms with van der Waals surface area (Å²) in [7, 11) is 0. The summed E-state index contributed by atoms with van der Waals surface area (Å²) in [6.45, 7) is 4.75. The number of imidazole rings is 1. The Kier molecular flexibility index (Phi) is 6.56. The minimum atomic E-state index is -0.220. The molecule has 0 saturated carbocycles. The van der Waals surface area contributed by atoms with E-state index in [-0.39, 0.29) is 5.41 Å². The van der Waals surface area contributed by atoms with E-state index in [1.165, 1.54) is 33.0 Å². The van der Waals surface area contributed by atoms with Crippen molar-refractivity contribution in [2.75, 3.05) is 4.90 Å². The average Bonchev–Trinajstić information content (AvgIpc) is 3.87. The maximum atomic E-state index is 6.22. The van der Waals surface area contributed by atoms with Gasteiger partial charge in [-0.15, -0.1) is 0 Å². The van der Waals surface area contributed by atoms with Gasteiger partial charge in [0.15, 0.2) is 0 Å². The van der Waals surface area contributed by atoms with E-state index in [1.54, 1.807) is 0 Å². The molecule has 54 heavy (non-hydrogen) atoms. The van der Waals surface area contributed by atoms with Crippen LogP contribution < -0.4 is 4.90 Å². The van der Waals surface area contributed by atoms with Gasteiger partial charge in [0.1, 0.15) is 17.0 Å². The molecule has 0 amide bonds. The van der Waals surface area contributed by atoms with Gasteiger partial charge < -0.3 is 9.32 Å². The van der Waals surface area contributed by atoms with Gasteiger partial charge in [-0.3, -0.25) is 4.57 Å². The van der Waals surface area contributed by atoms with Crippen LogP contribution in [0.15, 0.2) is 180 Å². The van der Waals surface area contributed by atoms with Crippen molar-refractivity contribution in [1.82, 2.24) is 9.55 Å². The molecule has 0 unspecified atom stereocenters. The third-order valence-corrected chi connectivity index (χ3v) is 11.3. The van der Waals surface area contributed by atoms with E-state index in [1.807, 2.05) is 12.1 Å². The molecule has 4 heteroatoms. The van der Waals surface area contributed by atoms with Crippen molar-refractivity contribution in [3.8, 4) is 28.2 Å². The first kappa shape index (κ1) is 30.7. The van der Waals surface area contributed by atoms with Crippen LogP contribution in [0, 0.1) is 0 Å². The summed E-state index contributed by atoms with van der Waals surface area (Å²) in [6.07, 6.45) is 0. The maximum Gasteiger partial charge on any atom is 0.145 e. The average molecular weight is 694 g/mol. The Labute approximate surface area is 313 Å².